The summed E-state index contributed by atoms with van der Waals surface area (Å²) in [6.45, 7) is 1.87. The Kier molecular flexibility index (Phi) is 3.94. The number of hydrazone groups is 1. The van der Waals surface area contributed by atoms with Crippen molar-refractivity contribution in [1.82, 2.24) is 5.01 Å². The van der Waals surface area contributed by atoms with Gasteiger partial charge in [0, 0.05) is 12.6 Å². The predicted molar refractivity (Wildman–Crippen MR) is 99.1 cm³/mol. The van der Waals surface area contributed by atoms with Crippen LogP contribution in [0.4, 0.5) is 0 Å². The second-order valence-corrected chi connectivity index (χ2v) is 7.75. The molecule has 0 bridgehead atoms. The van der Waals surface area contributed by atoms with Crippen molar-refractivity contribution in [2.75, 3.05) is 7.05 Å². The Morgan fingerprint density at radius 3 is 2.88 bits per heavy atom. The van der Waals surface area contributed by atoms with Crippen molar-refractivity contribution in [3.05, 3.63) is 59.2 Å². The molecule has 0 saturated heterocycles. The zero-order valence-electron chi connectivity index (χ0n) is 14.2. The first-order valence-corrected chi connectivity index (χ1v) is 9.50. The van der Waals surface area contributed by atoms with E-state index in [1.165, 1.54) is 11.1 Å². The molecule has 1 unspecified atom stereocenters. The number of fused-ring (bicyclic) bond motifs is 2. The summed E-state index contributed by atoms with van der Waals surface area (Å²) >= 11 is 0. The highest BCUT2D eigenvalue weighted by Crippen LogP contribution is 2.27. The normalized spacial score (nSPS) is 20.2. The van der Waals surface area contributed by atoms with Crippen molar-refractivity contribution in [3.63, 3.8) is 0 Å². The van der Waals surface area contributed by atoms with Gasteiger partial charge in [0.25, 0.3) is 10.0 Å². The van der Waals surface area contributed by atoms with Crippen molar-refractivity contribution < 1.29 is 18.1 Å². The van der Waals surface area contributed by atoms with Crippen LogP contribution in [-0.4, -0.2) is 44.7 Å². The first-order chi connectivity index (χ1) is 12.4. The number of sulfonamides is 1. The van der Waals surface area contributed by atoms with Crippen LogP contribution in [0.1, 0.15) is 29.7 Å². The molecule has 2 aromatic carbocycles. The highest BCUT2D eigenvalue weighted by atomic mass is 32.2. The molecule has 0 radical (unpaired) electrons. The van der Waals surface area contributed by atoms with E-state index in [2.05, 4.69) is 9.50 Å². The largest absolute Gasteiger partial charge is 0.491 e. The third-order valence-corrected chi connectivity index (χ3v) is 5.77. The molecule has 2 heterocycles. The molecule has 2 aliphatic heterocycles. The first-order valence-electron chi connectivity index (χ1n) is 8.06. The number of nitrogens with zero attached hydrogens (tertiary/aromatic N) is 3. The molecular formula is C17H16BN3O4S. The van der Waals surface area contributed by atoms with Crippen LogP contribution >= 0.6 is 0 Å². The van der Waals surface area contributed by atoms with E-state index < -0.39 is 17.1 Å². The predicted octanol–water partition coefficient (Wildman–Crippen LogP) is 0.880. The van der Waals surface area contributed by atoms with Crippen LogP contribution in [0.15, 0.2) is 56.9 Å². The van der Waals surface area contributed by atoms with Crippen LogP contribution in [0.2, 0.25) is 0 Å². The summed E-state index contributed by atoms with van der Waals surface area (Å²) in [6, 6.07) is 12.2. The summed E-state index contributed by atoms with van der Waals surface area (Å²) in [5, 5.41) is 15.6. The van der Waals surface area contributed by atoms with Crippen LogP contribution in [0.5, 0.6) is 0 Å². The van der Waals surface area contributed by atoms with Crippen molar-refractivity contribution in [3.8, 4) is 0 Å². The molecule has 9 heteroatoms. The highest BCUT2D eigenvalue weighted by molar-refractivity contribution is 7.90. The van der Waals surface area contributed by atoms with E-state index in [0.717, 1.165) is 16.6 Å². The lowest BCUT2D eigenvalue weighted by molar-refractivity contribution is 0.209. The molecule has 0 fully saturated rings. The van der Waals surface area contributed by atoms with Gasteiger partial charge < -0.3 is 9.68 Å². The molecule has 2 aliphatic rings. The van der Waals surface area contributed by atoms with E-state index in [9.17, 15) is 13.4 Å². The molecule has 2 aromatic rings. The Bertz CT molecular complexity index is 1050. The first kappa shape index (κ1) is 17.0. The summed E-state index contributed by atoms with van der Waals surface area (Å²) < 4.78 is 33.5. The average molecular weight is 369 g/mol. The molecule has 0 spiro atoms. The Morgan fingerprint density at radius 2 is 2.08 bits per heavy atom. The molecular weight excluding hydrogens is 353 g/mol. The van der Waals surface area contributed by atoms with Gasteiger partial charge in [0.15, 0.2) is 5.84 Å². The Balaban J connectivity index is 1.62. The second kappa shape index (κ2) is 6.05. The van der Waals surface area contributed by atoms with E-state index in [4.69, 9.17) is 4.65 Å². The Hall–Kier alpha value is -2.49. The molecule has 26 heavy (non-hydrogen) atoms. The Morgan fingerprint density at radius 1 is 1.31 bits per heavy atom. The van der Waals surface area contributed by atoms with E-state index in [-0.39, 0.29) is 16.8 Å². The van der Waals surface area contributed by atoms with Gasteiger partial charge in [-0.05, 0) is 41.7 Å². The van der Waals surface area contributed by atoms with Crippen LogP contribution in [0, 0.1) is 0 Å². The van der Waals surface area contributed by atoms with Gasteiger partial charge in [-0.3, -0.25) is 0 Å². The monoisotopic (exact) mass is 369 g/mol. The van der Waals surface area contributed by atoms with Crippen molar-refractivity contribution in [2.24, 2.45) is 9.50 Å². The molecule has 132 valence electrons. The topological polar surface area (TPSA) is 91.6 Å². The van der Waals surface area contributed by atoms with Gasteiger partial charge in [-0.15, -0.1) is 4.40 Å². The van der Waals surface area contributed by atoms with Gasteiger partial charge in [0.05, 0.1) is 12.3 Å². The quantitative estimate of drug-likeness (QED) is 0.482. The summed E-state index contributed by atoms with van der Waals surface area (Å²) in [5.74, 6) is 0.283. The van der Waals surface area contributed by atoms with E-state index in [1.54, 1.807) is 37.5 Å². The van der Waals surface area contributed by atoms with Gasteiger partial charge >= 0.3 is 7.12 Å². The maximum absolute atomic E-state index is 12.1. The summed E-state index contributed by atoms with van der Waals surface area (Å²) in [6.07, 6.45) is 1.43. The van der Waals surface area contributed by atoms with E-state index in [1.807, 2.05) is 19.1 Å². The lowest BCUT2D eigenvalue weighted by atomic mass is 9.79. The summed E-state index contributed by atoms with van der Waals surface area (Å²) in [7, 11) is -2.93. The number of hydrogen-bond acceptors (Lipinski definition) is 6. The molecule has 1 atom stereocenters. The van der Waals surface area contributed by atoms with Crippen LogP contribution in [0.25, 0.3) is 0 Å². The fraction of sp³-hybridized carbons (Fsp3) is 0.176. The van der Waals surface area contributed by atoms with Crippen LogP contribution in [-0.2, 0) is 14.7 Å². The van der Waals surface area contributed by atoms with Crippen molar-refractivity contribution in [1.29, 1.82) is 0 Å². The minimum Gasteiger partial charge on any atom is -0.423 e. The number of benzene rings is 2. The molecule has 7 nitrogen and oxygen atoms in total. The molecule has 4 rings (SSSR count). The average Bonchev–Trinajstić information content (AvgIpc) is 3.06. The smallest absolute Gasteiger partial charge is 0.423 e. The fourth-order valence-corrected chi connectivity index (χ4v) is 4.35. The molecule has 0 saturated carbocycles. The van der Waals surface area contributed by atoms with Gasteiger partial charge in [0.1, 0.15) is 4.90 Å². The minimum atomic E-state index is -3.68. The zero-order chi connectivity index (χ0) is 18.5. The number of rotatable bonds is 2. The minimum absolute atomic E-state index is 0.189. The summed E-state index contributed by atoms with van der Waals surface area (Å²) in [4.78, 5) is 0.189. The molecule has 0 aliphatic carbocycles. The lowest BCUT2D eigenvalue weighted by Gasteiger charge is -2.12. The lowest BCUT2D eigenvalue weighted by Crippen LogP contribution is -2.27. The maximum atomic E-state index is 12.1. The van der Waals surface area contributed by atoms with Crippen molar-refractivity contribution in [2.45, 2.75) is 17.9 Å². The SMILES string of the molecule is CC1OB(O)c2ccc(/C=N/N(C)C3=NS(=O)(=O)c4ccccc43)cc21. The third-order valence-electron chi connectivity index (χ3n) is 4.45. The van der Waals surface area contributed by atoms with E-state index in [0.29, 0.717) is 5.56 Å². The molecule has 0 aromatic heterocycles. The molecule has 1 N–H and O–H groups in total. The third kappa shape index (κ3) is 2.74. The van der Waals surface area contributed by atoms with Gasteiger partial charge in [-0.1, -0.05) is 24.3 Å². The van der Waals surface area contributed by atoms with Gasteiger partial charge in [-0.25, -0.2) is 5.01 Å². The second-order valence-electron chi connectivity index (χ2n) is 6.17. The number of hydrogen-bond donors (Lipinski definition) is 1. The molecule has 0 amide bonds. The zero-order valence-corrected chi connectivity index (χ0v) is 15.0. The van der Waals surface area contributed by atoms with E-state index >= 15 is 0 Å². The standard InChI is InChI=1S/C17H16BN3O4S/c1-11-14-9-12(7-8-15(14)18(22)25-11)10-19-21(2)17-13-5-3-4-6-16(13)26(23,24)20-17/h3-11,22H,1-2H3/b19-10+. The summed E-state index contributed by atoms with van der Waals surface area (Å²) in [5.41, 5.74) is 3.01. The highest BCUT2D eigenvalue weighted by Gasteiger charge is 2.32. The van der Waals surface area contributed by atoms with Crippen LogP contribution in [0.3, 0.4) is 0 Å². The van der Waals surface area contributed by atoms with Gasteiger partial charge in [-0.2, -0.15) is 13.5 Å². The Labute approximate surface area is 151 Å². The number of amidine groups is 1. The fourth-order valence-electron chi connectivity index (χ4n) is 3.12. The van der Waals surface area contributed by atoms with Gasteiger partial charge in [0.2, 0.25) is 0 Å². The van der Waals surface area contributed by atoms with Crippen LogP contribution < -0.4 is 5.46 Å². The maximum Gasteiger partial charge on any atom is 0.491 e. The van der Waals surface area contributed by atoms with Crippen molar-refractivity contribution >= 4 is 34.7 Å².